The van der Waals surface area contributed by atoms with Gasteiger partial charge in [0.2, 0.25) is 5.91 Å². The number of aryl methyl sites for hydroxylation is 1. The summed E-state index contributed by atoms with van der Waals surface area (Å²) in [4.78, 5) is 12.1. The molecule has 2 N–H and O–H groups in total. The van der Waals surface area contributed by atoms with Gasteiger partial charge < -0.3 is 9.73 Å². The molecule has 0 saturated heterocycles. The molecule has 4 nitrogen and oxygen atoms in total. The van der Waals surface area contributed by atoms with Gasteiger partial charge >= 0.3 is 0 Å². The maximum atomic E-state index is 12.1. The van der Waals surface area contributed by atoms with Crippen molar-refractivity contribution < 1.29 is 9.21 Å². The van der Waals surface area contributed by atoms with Crippen molar-refractivity contribution in [1.29, 1.82) is 0 Å². The van der Waals surface area contributed by atoms with Crippen molar-refractivity contribution in [2.24, 2.45) is 0 Å². The third-order valence-corrected chi connectivity index (χ3v) is 4.67. The molecule has 0 aliphatic carbocycles. The molecule has 0 unspecified atom stereocenters. The standard InChI is InChI=1S/C22H18Cl2N2O2S/c1-2-14-3-5-18(6-4-14)25-22(29)26-21(27)10-8-19-7-9-20(28-19)15-11-16(23)13-17(24)12-15/h3-13H,2H2,1H3,(H2,25,26,27,29)/b10-8+. The topological polar surface area (TPSA) is 54.3 Å². The molecular formula is C22H18Cl2N2O2S. The SMILES string of the molecule is CCc1ccc(NC(=S)NC(=O)/C=C/c2ccc(-c3cc(Cl)cc(Cl)c3)o2)cc1. The van der Waals surface area contributed by atoms with Crippen molar-refractivity contribution in [3.05, 3.63) is 82.0 Å². The van der Waals surface area contributed by atoms with Crippen molar-refractivity contribution in [2.45, 2.75) is 13.3 Å². The molecule has 1 amide bonds. The molecule has 0 fully saturated rings. The fourth-order valence-corrected chi connectivity index (χ4v) is 3.34. The number of amides is 1. The number of anilines is 1. The van der Waals surface area contributed by atoms with E-state index in [1.54, 1.807) is 36.4 Å². The molecule has 1 aromatic heterocycles. The molecule has 0 bridgehead atoms. The molecule has 0 saturated carbocycles. The Bertz CT molecular complexity index is 1040. The Balaban J connectivity index is 1.57. The predicted octanol–water partition coefficient (Wildman–Crippen LogP) is 6.34. The largest absolute Gasteiger partial charge is 0.457 e. The highest BCUT2D eigenvalue weighted by atomic mass is 35.5. The fraction of sp³-hybridized carbons (Fsp3) is 0.0909. The van der Waals surface area contributed by atoms with Crippen molar-refractivity contribution in [2.75, 3.05) is 5.32 Å². The van der Waals surface area contributed by atoms with Crippen molar-refractivity contribution in [3.63, 3.8) is 0 Å². The molecule has 3 rings (SSSR count). The Hall–Kier alpha value is -2.60. The maximum Gasteiger partial charge on any atom is 0.250 e. The first kappa shape index (κ1) is 21.1. The Morgan fingerprint density at radius 3 is 2.41 bits per heavy atom. The highest BCUT2D eigenvalue weighted by Gasteiger charge is 2.07. The Morgan fingerprint density at radius 1 is 1.07 bits per heavy atom. The predicted molar refractivity (Wildman–Crippen MR) is 123 cm³/mol. The number of carbonyl (C=O) groups is 1. The van der Waals surface area contributed by atoms with Crippen LogP contribution < -0.4 is 10.6 Å². The zero-order chi connectivity index (χ0) is 20.8. The monoisotopic (exact) mass is 444 g/mol. The number of furan rings is 1. The molecule has 148 valence electrons. The van der Waals surface area contributed by atoms with Crippen LogP contribution in [0.4, 0.5) is 5.69 Å². The van der Waals surface area contributed by atoms with E-state index >= 15 is 0 Å². The highest BCUT2D eigenvalue weighted by molar-refractivity contribution is 7.80. The first-order chi connectivity index (χ1) is 13.9. The molecule has 3 aromatic rings. The molecule has 0 atom stereocenters. The first-order valence-electron chi connectivity index (χ1n) is 8.88. The highest BCUT2D eigenvalue weighted by Crippen LogP contribution is 2.28. The van der Waals surface area contributed by atoms with Crippen LogP contribution in [0, 0.1) is 0 Å². The first-order valence-corrected chi connectivity index (χ1v) is 10.0. The van der Waals surface area contributed by atoms with Gasteiger partial charge in [-0.25, -0.2) is 0 Å². The van der Waals surface area contributed by atoms with Crippen molar-refractivity contribution >= 4 is 58.2 Å². The summed E-state index contributed by atoms with van der Waals surface area (Å²) in [5.74, 6) is 0.749. The van der Waals surface area contributed by atoms with Crippen LogP contribution in [0.1, 0.15) is 18.2 Å². The fourth-order valence-electron chi connectivity index (χ4n) is 2.59. The second-order valence-electron chi connectivity index (χ2n) is 6.19. The number of benzene rings is 2. The zero-order valence-corrected chi connectivity index (χ0v) is 17.9. The third-order valence-electron chi connectivity index (χ3n) is 4.03. The molecule has 0 aliphatic heterocycles. The average molecular weight is 445 g/mol. The van der Waals surface area contributed by atoms with E-state index in [1.165, 1.54) is 11.6 Å². The number of halogens is 2. The van der Waals surface area contributed by atoms with Gasteiger partial charge in [0.1, 0.15) is 11.5 Å². The van der Waals surface area contributed by atoms with E-state index in [9.17, 15) is 4.79 Å². The summed E-state index contributed by atoms with van der Waals surface area (Å²) in [6.07, 6.45) is 3.87. The number of nitrogens with one attached hydrogen (secondary N) is 2. The Morgan fingerprint density at radius 2 is 1.76 bits per heavy atom. The van der Waals surface area contributed by atoms with Crippen LogP contribution in [0.5, 0.6) is 0 Å². The normalized spacial score (nSPS) is 10.9. The number of rotatable bonds is 5. The van der Waals surface area contributed by atoms with Gasteiger partial charge in [0.15, 0.2) is 5.11 Å². The number of hydrogen-bond donors (Lipinski definition) is 2. The van der Waals surface area contributed by atoms with Crippen LogP contribution in [0.2, 0.25) is 10.0 Å². The lowest BCUT2D eigenvalue weighted by Gasteiger charge is -2.08. The Labute approximate surface area is 184 Å². The summed E-state index contributed by atoms with van der Waals surface area (Å²) in [5, 5.41) is 6.83. The lowest BCUT2D eigenvalue weighted by molar-refractivity contribution is -0.115. The van der Waals surface area contributed by atoms with Gasteiger partial charge in [-0.3, -0.25) is 10.1 Å². The molecule has 7 heteroatoms. The molecule has 0 radical (unpaired) electrons. The molecular weight excluding hydrogens is 427 g/mol. The summed E-state index contributed by atoms with van der Waals surface area (Å²) in [7, 11) is 0. The van der Waals surface area contributed by atoms with Crippen molar-refractivity contribution in [1.82, 2.24) is 5.32 Å². The van der Waals surface area contributed by atoms with Crippen LogP contribution in [0.25, 0.3) is 17.4 Å². The summed E-state index contributed by atoms with van der Waals surface area (Å²) in [5.41, 5.74) is 2.80. The summed E-state index contributed by atoms with van der Waals surface area (Å²) < 4.78 is 5.72. The van der Waals surface area contributed by atoms with Crippen molar-refractivity contribution in [3.8, 4) is 11.3 Å². The average Bonchev–Trinajstić information content (AvgIpc) is 3.15. The number of carbonyl (C=O) groups excluding carboxylic acids is 1. The molecule has 29 heavy (non-hydrogen) atoms. The summed E-state index contributed by atoms with van der Waals surface area (Å²) in [6.45, 7) is 2.09. The quantitative estimate of drug-likeness (QED) is 0.355. The van der Waals surface area contributed by atoms with Gasteiger partial charge in [-0.15, -0.1) is 0 Å². The molecule has 0 spiro atoms. The van der Waals surface area contributed by atoms with Gasteiger partial charge in [-0.1, -0.05) is 42.3 Å². The number of thiocarbonyl (C=S) groups is 1. The molecule has 2 aromatic carbocycles. The summed E-state index contributed by atoms with van der Waals surface area (Å²) >= 11 is 17.2. The van der Waals surface area contributed by atoms with E-state index in [4.69, 9.17) is 39.8 Å². The van der Waals surface area contributed by atoms with Crippen LogP contribution in [0.15, 0.2) is 65.1 Å². The van der Waals surface area contributed by atoms with Gasteiger partial charge in [-0.2, -0.15) is 0 Å². The van der Waals surface area contributed by atoms with E-state index in [0.717, 1.165) is 17.7 Å². The Kier molecular flexibility index (Phi) is 7.09. The van der Waals surface area contributed by atoms with Crippen LogP contribution in [-0.4, -0.2) is 11.0 Å². The second kappa shape index (κ2) is 9.74. The second-order valence-corrected chi connectivity index (χ2v) is 7.47. The van der Waals surface area contributed by atoms with Gasteiger partial charge in [0.05, 0.1) is 0 Å². The van der Waals surface area contributed by atoms with Crippen LogP contribution in [-0.2, 0) is 11.2 Å². The van der Waals surface area contributed by atoms with Crippen LogP contribution in [0.3, 0.4) is 0 Å². The van der Waals surface area contributed by atoms with E-state index < -0.39 is 0 Å². The minimum atomic E-state index is -0.364. The van der Waals surface area contributed by atoms with E-state index in [0.29, 0.717) is 21.6 Å². The summed E-state index contributed by atoms with van der Waals surface area (Å²) in [6, 6.07) is 16.5. The van der Waals surface area contributed by atoms with E-state index in [2.05, 4.69) is 17.6 Å². The molecule has 0 aliphatic rings. The number of hydrogen-bond acceptors (Lipinski definition) is 3. The third kappa shape index (κ3) is 6.19. The smallest absolute Gasteiger partial charge is 0.250 e. The maximum absolute atomic E-state index is 12.1. The van der Waals surface area contributed by atoms with Gasteiger partial charge in [0, 0.05) is 27.4 Å². The van der Waals surface area contributed by atoms with Gasteiger partial charge in [0.25, 0.3) is 0 Å². The zero-order valence-electron chi connectivity index (χ0n) is 15.5. The lowest BCUT2D eigenvalue weighted by Crippen LogP contribution is -2.32. The minimum Gasteiger partial charge on any atom is -0.457 e. The minimum absolute atomic E-state index is 0.220. The molecule has 1 heterocycles. The van der Waals surface area contributed by atoms with E-state index in [-0.39, 0.29) is 11.0 Å². The van der Waals surface area contributed by atoms with Crippen LogP contribution >= 0.6 is 35.4 Å². The lowest BCUT2D eigenvalue weighted by atomic mass is 10.1. The van der Waals surface area contributed by atoms with Gasteiger partial charge in [-0.05, 0) is 72.7 Å². The van der Waals surface area contributed by atoms with E-state index in [1.807, 2.05) is 24.3 Å².